The van der Waals surface area contributed by atoms with Gasteiger partial charge in [0, 0.05) is 15.5 Å². The van der Waals surface area contributed by atoms with Crippen LogP contribution in [0.15, 0.2) is 58.3 Å². The first-order valence-electron chi connectivity index (χ1n) is 7.40. The van der Waals surface area contributed by atoms with Crippen molar-refractivity contribution in [1.82, 2.24) is 9.78 Å². The van der Waals surface area contributed by atoms with E-state index in [2.05, 4.69) is 32.7 Å². The van der Waals surface area contributed by atoms with Crippen LogP contribution in [-0.4, -0.2) is 27.1 Å². The Kier molecular flexibility index (Phi) is 4.84. The van der Waals surface area contributed by atoms with Crippen LogP contribution >= 0.6 is 22.6 Å². The average molecular weight is 447 g/mol. The second-order valence-electron chi connectivity index (χ2n) is 5.38. The maximum absolute atomic E-state index is 12.6. The van der Waals surface area contributed by atoms with Gasteiger partial charge in [-0.15, -0.1) is 0 Å². The summed E-state index contributed by atoms with van der Waals surface area (Å²) in [6.07, 6.45) is 1.46. The molecule has 126 valence electrons. The summed E-state index contributed by atoms with van der Waals surface area (Å²) in [6, 6.07) is 13.8. The summed E-state index contributed by atoms with van der Waals surface area (Å²) in [5.41, 5.74) is 2.26. The fraction of sp³-hybridized carbons (Fsp3) is 0.0556. The van der Waals surface area contributed by atoms with Crippen molar-refractivity contribution < 1.29 is 9.90 Å². The van der Waals surface area contributed by atoms with E-state index in [9.17, 15) is 9.59 Å². The number of aromatic nitrogens is 2. The minimum Gasteiger partial charge on any atom is -0.478 e. The summed E-state index contributed by atoms with van der Waals surface area (Å²) >= 11 is 2.20. The van der Waals surface area contributed by atoms with Crippen LogP contribution in [0.2, 0.25) is 0 Å². The number of carboxylic acids is 1. The molecule has 0 fully saturated rings. The van der Waals surface area contributed by atoms with Crippen LogP contribution in [-0.2, 0) is 0 Å². The van der Waals surface area contributed by atoms with Crippen molar-refractivity contribution in [2.45, 2.75) is 6.92 Å². The number of aromatic amines is 1. The fourth-order valence-electron chi connectivity index (χ4n) is 2.34. The van der Waals surface area contributed by atoms with Gasteiger partial charge in [0.05, 0.1) is 22.5 Å². The molecular formula is C18H14IN3O3. The molecule has 0 amide bonds. The van der Waals surface area contributed by atoms with Gasteiger partial charge < -0.3 is 5.11 Å². The van der Waals surface area contributed by atoms with Crippen molar-refractivity contribution in [1.29, 1.82) is 0 Å². The van der Waals surface area contributed by atoms with Gasteiger partial charge in [-0.1, -0.05) is 6.07 Å². The number of nitrogens with one attached hydrogen (secondary N) is 1. The molecule has 0 atom stereocenters. The lowest BCUT2D eigenvalue weighted by Gasteiger charge is -2.00. The molecule has 6 nitrogen and oxygen atoms in total. The molecule has 25 heavy (non-hydrogen) atoms. The van der Waals surface area contributed by atoms with Crippen LogP contribution in [0, 0.1) is 10.5 Å². The SMILES string of the molecule is Cc1[nH]n(-c2ccc(I)cc2)c(=O)c1C=Nc1cccc(C(=O)O)c1. The number of rotatable bonds is 4. The van der Waals surface area contributed by atoms with E-state index in [4.69, 9.17) is 5.11 Å². The molecule has 0 radical (unpaired) electrons. The molecule has 2 N–H and O–H groups in total. The molecule has 0 unspecified atom stereocenters. The number of hydrogen-bond donors (Lipinski definition) is 2. The van der Waals surface area contributed by atoms with Crippen LogP contribution in [0.3, 0.4) is 0 Å². The van der Waals surface area contributed by atoms with Crippen LogP contribution in [0.5, 0.6) is 0 Å². The van der Waals surface area contributed by atoms with E-state index in [1.54, 1.807) is 19.1 Å². The van der Waals surface area contributed by atoms with E-state index in [0.29, 0.717) is 16.9 Å². The summed E-state index contributed by atoms with van der Waals surface area (Å²) in [5.74, 6) is -1.02. The van der Waals surface area contributed by atoms with Crippen LogP contribution < -0.4 is 5.56 Å². The first-order chi connectivity index (χ1) is 12.0. The molecule has 0 spiro atoms. The van der Waals surface area contributed by atoms with Crippen molar-refractivity contribution in [3.05, 3.63) is 79.3 Å². The van der Waals surface area contributed by atoms with Gasteiger partial charge in [0.25, 0.3) is 5.56 Å². The molecule has 0 aliphatic rings. The minimum atomic E-state index is -1.02. The number of aryl methyl sites for hydroxylation is 1. The van der Waals surface area contributed by atoms with Crippen LogP contribution in [0.4, 0.5) is 5.69 Å². The normalized spacial score (nSPS) is 11.1. The number of hydrogen-bond acceptors (Lipinski definition) is 3. The molecule has 0 saturated carbocycles. The van der Waals surface area contributed by atoms with Crippen LogP contribution in [0.1, 0.15) is 21.6 Å². The Balaban J connectivity index is 1.96. The molecule has 7 heteroatoms. The van der Waals surface area contributed by atoms with Gasteiger partial charge in [0.1, 0.15) is 0 Å². The van der Waals surface area contributed by atoms with Gasteiger partial charge >= 0.3 is 5.97 Å². The van der Waals surface area contributed by atoms with Crippen molar-refractivity contribution >= 4 is 40.5 Å². The van der Waals surface area contributed by atoms with Gasteiger partial charge in [-0.25, -0.2) is 9.48 Å². The van der Waals surface area contributed by atoms with Crippen molar-refractivity contribution in [3.63, 3.8) is 0 Å². The standard InChI is InChI=1S/C18H14IN3O3/c1-11-16(10-20-14-4-2-3-12(9-14)18(24)25)17(23)22(21-11)15-7-5-13(19)6-8-15/h2-10,21H,1H3,(H,24,25). The highest BCUT2D eigenvalue weighted by Crippen LogP contribution is 2.15. The molecule has 1 aromatic heterocycles. The second kappa shape index (κ2) is 7.06. The number of aliphatic imine (C=N–C) groups is 1. The number of halogens is 1. The number of carbonyl (C=O) groups is 1. The predicted molar refractivity (Wildman–Crippen MR) is 104 cm³/mol. The lowest BCUT2D eigenvalue weighted by Crippen LogP contribution is -2.17. The van der Waals surface area contributed by atoms with Crippen molar-refractivity contribution in [3.8, 4) is 5.69 Å². The Morgan fingerprint density at radius 1 is 1.24 bits per heavy atom. The van der Waals surface area contributed by atoms with E-state index in [0.717, 1.165) is 9.26 Å². The van der Waals surface area contributed by atoms with E-state index >= 15 is 0 Å². The smallest absolute Gasteiger partial charge is 0.335 e. The molecular weight excluding hydrogens is 433 g/mol. The lowest BCUT2D eigenvalue weighted by molar-refractivity contribution is 0.0697. The predicted octanol–water partition coefficient (Wildman–Crippen LogP) is 3.53. The lowest BCUT2D eigenvalue weighted by atomic mass is 10.2. The highest BCUT2D eigenvalue weighted by Gasteiger charge is 2.10. The first kappa shape index (κ1) is 17.2. The fourth-order valence-corrected chi connectivity index (χ4v) is 2.70. The summed E-state index contributed by atoms with van der Waals surface area (Å²) in [5, 5.41) is 12.1. The van der Waals surface area contributed by atoms with E-state index < -0.39 is 5.97 Å². The number of carboxylic acid groups (broad SMARTS) is 1. The molecule has 3 aromatic rings. The topological polar surface area (TPSA) is 87.5 Å². The first-order valence-corrected chi connectivity index (χ1v) is 8.48. The van der Waals surface area contributed by atoms with E-state index in [1.807, 2.05) is 24.3 Å². The summed E-state index contributed by atoms with van der Waals surface area (Å²) in [6.45, 7) is 1.79. The zero-order valence-corrected chi connectivity index (χ0v) is 15.4. The molecule has 0 bridgehead atoms. The van der Waals surface area contributed by atoms with E-state index in [-0.39, 0.29) is 11.1 Å². The summed E-state index contributed by atoms with van der Waals surface area (Å²) in [4.78, 5) is 27.9. The Hall–Kier alpha value is -2.68. The van der Waals surface area contributed by atoms with Crippen molar-refractivity contribution in [2.75, 3.05) is 0 Å². The maximum atomic E-state index is 12.6. The van der Waals surface area contributed by atoms with Gasteiger partial charge in [-0.2, -0.15) is 0 Å². The zero-order valence-electron chi connectivity index (χ0n) is 13.2. The van der Waals surface area contributed by atoms with Gasteiger partial charge in [0.2, 0.25) is 0 Å². The quantitative estimate of drug-likeness (QED) is 0.474. The monoisotopic (exact) mass is 447 g/mol. The highest BCUT2D eigenvalue weighted by atomic mass is 127. The molecule has 0 aliphatic heterocycles. The third-order valence-corrected chi connectivity index (χ3v) is 4.36. The number of aromatic carboxylic acids is 1. The zero-order chi connectivity index (χ0) is 18.0. The Morgan fingerprint density at radius 2 is 1.96 bits per heavy atom. The molecule has 3 rings (SSSR count). The molecule has 1 heterocycles. The number of H-pyrrole nitrogens is 1. The van der Waals surface area contributed by atoms with Gasteiger partial charge in [0.15, 0.2) is 0 Å². The number of nitrogens with zero attached hydrogens (tertiary/aromatic N) is 2. The van der Waals surface area contributed by atoms with Gasteiger partial charge in [-0.3, -0.25) is 14.9 Å². The molecule has 0 saturated heterocycles. The third kappa shape index (κ3) is 3.71. The second-order valence-corrected chi connectivity index (χ2v) is 6.63. The highest BCUT2D eigenvalue weighted by molar-refractivity contribution is 14.1. The minimum absolute atomic E-state index is 0.150. The molecule has 0 aliphatic carbocycles. The third-order valence-electron chi connectivity index (χ3n) is 3.64. The maximum Gasteiger partial charge on any atom is 0.335 e. The van der Waals surface area contributed by atoms with E-state index in [1.165, 1.54) is 23.0 Å². The summed E-state index contributed by atoms with van der Waals surface area (Å²) < 4.78 is 2.54. The molecule has 2 aromatic carbocycles. The average Bonchev–Trinajstić information content (AvgIpc) is 2.88. The summed E-state index contributed by atoms with van der Waals surface area (Å²) in [7, 11) is 0. The number of benzene rings is 2. The Morgan fingerprint density at radius 3 is 2.64 bits per heavy atom. The Labute approximate surface area is 157 Å². The Bertz CT molecular complexity index is 1020. The van der Waals surface area contributed by atoms with Gasteiger partial charge in [-0.05, 0) is 72.0 Å². The van der Waals surface area contributed by atoms with Crippen molar-refractivity contribution in [2.24, 2.45) is 4.99 Å². The largest absolute Gasteiger partial charge is 0.478 e. The van der Waals surface area contributed by atoms with Crippen LogP contribution in [0.25, 0.3) is 5.69 Å².